The average molecular weight is 196 g/mol. The Morgan fingerprint density at radius 1 is 0.714 bits per heavy atom. The van der Waals surface area contributed by atoms with Crippen LogP contribution in [0.25, 0.3) is 0 Å². The van der Waals surface area contributed by atoms with Crippen LogP contribution >= 0.6 is 0 Å². The molecule has 14 heavy (non-hydrogen) atoms. The molecule has 2 heterocycles. The first-order chi connectivity index (χ1) is 6.75. The zero-order valence-electron chi connectivity index (χ0n) is 9.55. The Balaban J connectivity index is 1.78. The number of hydrogen-bond acceptors (Lipinski definition) is 2. The van der Waals surface area contributed by atoms with Crippen molar-refractivity contribution in [2.24, 2.45) is 11.8 Å². The molecule has 0 aromatic carbocycles. The van der Waals surface area contributed by atoms with E-state index < -0.39 is 0 Å². The van der Waals surface area contributed by atoms with Crippen LogP contribution in [0.2, 0.25) is 0 Å². The second-order valence-electron chi connectivity index (χ2n) is 5.39. The van der Waals surface area contributed by atoms with Crippen molar-refractivity contribution in [3.63, 3.8) is 0 Å². The highest BCUT2D eigenvalue weighted by atomic mass is 15.0. The minimum atomic E-state index is 0.749. The van der Waals surface area contributed by atoms with Gasteiger partial charge in [-0.2, -0.15) is 0 Å². The van der Waals surface area contributed by atoms with Gasteiger partial charge in [0, 0.05) is 12.1 Å². The van der Waals surface area contributed by atoms with Gasteiger partial charge in [0.15, 0.2) is 0 Å². The van der Waals surface area contributed by atoms with Gasteiger partial charge < -0.3 is 10.6 Å². The number of nitrogens with one attached hydrogen (secondary N) is 2. The number of piperidine rings is 2. The van der Waals surface area contributed by atoms with E-state index in [1.165, 1.54) is 38.8 Å². The molecule has 0 radical (unpaired) electrons. The van der Waals surface area contributed by atoms with E-state index in [2.05, 4.69) is 24.5 Å². The highest BCUT2D eigenvalue weighted by Crippen LogP contribution is 2.21. The molecule has 0 aliphatic carbocycles. The van der Waals surface area contributed by atoms with Crippen LogP contribution in [-0.4, -0.2) is 25.2 Å². The molecule has 82 valence electrons. The molecule has 0 bridgehead atoms. The lowest BCUT2D eigenvalue weighted by molar-refractivity contribution is 0.222. The van der Waals surface area contributed by atoms with Crippen LogP contribution in [0, 0.1) is 11.8 Å². The molecule has 2 nitrogen and oxygen atoms in total. The molecule has 2 saturated heterocycles. The molecule has 4 atom stereocenters. The molecular formula is C12H24N2. The highest BCUT2D eigenvalue weighted by molar-refractivity contribution is 4.89. The minimum absolute atomic E-state index is 0.749. The smallest absolute Gasteiger partial charge is 0.0221 e. The number of hydrogen-bond donors (Lipinski definition) is 2. The summed E-state index contributed by atoms with van der Waals surface area (Å²) in [5.41, 5.74) is 0. The molecule has 0 amide bonds. The summed E-state index contributed by atoms with van der Waals surface area (Å²) < 4.78 is 0. The normalized spacial score (nSPS) is 45.0. The van der Waals surface area contributed by atoms with Gasteiger partial charge in [0.25, 0.3) is 0 Å². The van der Waals surface area contributed by atoms with Crippen LogP contribution in [0.1, 0.15) is 39.5 Å². The molecule has 0 saturated carbocycles. The molecule has 0 spiro atoms. The Morgan fingerprint density at radius 3 is 1.43 bits per heavy atom. The zero-order valence-corrected chi connectivity index (χ0v) is 9.55. The first-order valence-electron chi connectivity index (χ1n) is 6.22. The molecule has 0 aromatic heterocycles. The zero-order chi connectivity index (χ0) is 9.97. The van der Waals surface area contributed by atoms with Gasteiger partial charge in [0.2, 0.25) is 0 Å². The molecule has 2 aliphatic rings. The van der Waals surface area contributed by atoms with Gasteiger partial charge in [-0.15, -0.1) is 0 Å². The van der Waals surface area contributed by atoms with E-state index in [0.29, 0.717) is 0 Å². The van der Waals surface area contributed by atoms with E-state index in [1.54, 1.807) is 0 Å². The van der Waals surface area contributed by atoms with Gasteiger partial charge in [-0.05, 0) is 50.6 Å². The van der Waals surface area contributed by atoms with Gasteiger partial charge in [-0.1, -0.05) is 13.8 Å². The highest BCUT2D eigenvalue weighted by Gasteiger charge is 2.27. The van der Waals surface area contributed by atoms with Crippen molar-refractivity contribution in [1.29, 1.82) is 0 Å². The summed E-state index contributed by atoms with van der Waals surface area (Å²) in [4.78, 5) is 0. The third-order valence-corrected chi connectivity index (χ3v) is 3.88. The fraction of sp³-hybridized carbons (Fsp3) is 1.00. The topological polar surface area (TPSA) is 24.1 Å². The SMILES string of the molecule is CC1CCC(C2CCC(C)CN2)NC1. The monoisotopic (exact) mass is 196 g/mol. The summed E-state index contributed by atoms with van der Waals surface area (Å²) in [6.45, 7) is 7.13. The minimum Gasteiger partial charge on any atom is -0.312 e. The van der Waals surface area contributed by atoms with E-state index in [1.807, 2.05) is 0 Å². The molecule has 0 aromatic rings. The molecule has 2 rings (SSSR count). The van der Waals surface area contributed by atoms with Crippen molar-refractivity contribution in [3.8, 4) is 0 Å². The second-order valence-corrected chi connectivity index (χ2v) is 5.39. The van der Waals surface area contributed by atoms with Gasteiger partial charge >= 0.3 is 0 Å². The van der Waals surface area contributed by atoms with Crippen molar-refractivity contribution in [3.05, 3.63) is 0 Å². The maximum Gasteiger partial charge on any atom is 0.0221 e. The van der Waals surface area contributed by atoms with E-state index in [9.17, 15) is 0 Å². The first kappa shape index (κ1) is 10.4. The lowest BCUT2D eigenvalue weighted by Gasteiger charge is -2.38. The predicted molar refractivity (Wildman–Crippen MR) is 60.4 cm³/mol. The Morgan fingerprint density at radius 2 is 1.14 bits per heavy atom. The van der Waals surface area contributed by atoms with Crippen molar-refractivity contribution in [1.82, 2.24) is 10.6 Å². The van der Waals surface area contributed by atoms with E-state index in [0.717, 1.165) is 23.9 Å². The largest absolute Gasteiger partial charge is 0.312 e. The van der Waals surface area contributed by atoms with Crippen molar-refractivity contribution in [2.75, 3.05) is 13.1 Å². The van der Waals surface area contributed by atoms with Crippen LogP contribution in [0.3, 0.4) is 0 Å². The fourth-order valence-corrected chi connectivity index (χ4v) is 2.73. The molecule has 4 unspecified atom stereocenters. The molecular weight excluding hydrogens is 172 g/mol. The molecule has 2 N–H and O–H groups in total. The van der Waals surface area contributed by atoms with Crippen LogP contribution in [0.4, 0.5) is 0 Å². The summed E-state index contributed by atoms with van der Waals surface area (Å²) in [5.74, 6) is 1.77. The Hall–Kier alpha value is -0.0800. The first-order valence-corrected chi connectivity index (χ1v) is 6.22. The second kappa shape index (κ2) is 4.63. The van der Waals surface area contributed by atoms with Crippen LogP contribution in [-0.2, 0) is 0 Å². The molecule has 2 aliphatic heterocycles. The van der Waals surface area contributed by atoms with E-state index >= 15 is 0 Å². The van der Waals surface area contributed by atoms with E-state index in [-0.39, 0.29) is 0 Å². The standard InChI is InChI=1S/C12H24N2/c1-9-3-5-11(13-7-9)12-6-4-10(2)8-14-12/h9-14H,3-8H2,1-2H3. The predicted octanol–water partition coefficient (Wildman–Crippen LogP) is 1.76. The van der Waals surface area contributed by atoms with E-state index in [4.69, 9.17) is 0 Å². The maximum absolute atomic E-state index is 3.69. The van der Waals surface area contributed by atoms with Gasteiger partial charge in [-0.3, -0.25) is 0 Å². The summed E-state index contributed by atoms with van der Waals surface area (Å²) in [6, 6.07) is 1.50. The van der Waals surface area contributed by atoms with Crippen molar-refractivity contribution >= 4 is 0 Å². The van der Waals surface area contributed by atoms with Gasteiger partial charge in [0.1, 0.15) is 0 Å². The van der Waals surface area contributed by atoms with Crippen molar-refractivity contribution in [2.45, 2.75) is 51.6 Å². The quantitative estimate of drug-likeness (QED) is 0.668. The maximum atomic E-state index is 3.69. The Labute approximate surface area is 87.8 Å². The van der Waals surface area contributed by atoms with Crippen LogP contribution < -0.4 is 10.6 Å². The lowest BCUT2D eigenvalue weighted by atomic mass is 9.86. The fourth-order valence-electron chi connectivity index (χ4n) is 2.73. The van der Waals surface area contributed by atoms with Gasteiger partial charge in [-0.25, -0.2) is 0 Å². The Kier molecular flexibility index (Phi) is 3.45. The average Bonchev–Trinajstić information content (AvgIpc) is 2.21. The Bertz CT molecular complexity index is 145. The number of rotatable bonds is 1. The van der Waals surface area contributed by atoms with Crippen LogP contribution in [0.15, 0.2) is 0 Å². The third kappa shape index (κ3) is 2.48. The van der Waals surface area contributed by atoms with Crippen molar-refractivity contribution < 1.29 is 0 Å². The summed E-state index contributed by atoms with van der Waals surface area (Å²) in [6.07, 6.45) is 5.55. The lowest BCUT2D eigenvalue weighted by Crippen LogP contribution is -2.54. The summed E-state index contributed by atoms with van der Waals surface area (Å²) in [5, 5.41) is 7.38. The molecule has 2 fully saturated rings. The summed E-state index contributed by atoms with van der Waals surface area (Å²) in [7, 11) is 0. The third-order valence-electron chi connectivity index (χ3n) is 3.88. The van der Waals surface area contributed by atoms with Crippen LogP contribution in [0.5, 0.6) is 0 Å². The summed E-state index contributed by atoms with van der Waals surface area (Å²) >= 11 is 0. The van der Waals surface area contributed by atoms with Gasteiger partial charge in [0.05, 0.1) is 0 Å². The molecule has 2 heteroatoms.